The van der Waals surface area contributed by atoms with E-state index in [0.717, 1.165) is 21.5 Å². The first-order valence-electron chi connectivity index (χ1n) is 6.34. The molecule has 3 nitrogen and oxygen atoms in total. The van der Waals surface area contributed by atoms with Crippen molar-refractivity contribution in [2.45, 2.75) is 18.8 Å². The Kier molecular flexibility index (Phi) is 3.76. The van der Waals surface area contributed by atoms with Crippen LogP contribution in [0.25, 0.3) is 11.2 Å². The topological polar surface area (TPSA) is 30.7 Å². The normalized spacial score (nSPS) is 12.8. The van der Waals surface area contributed by atoms with Crippen LogP contribution < -0.4 is 0 Å². The zero-order valence-corrected chi connectivity index (χ0v) is 13.3. The molecule has 0 bridgehead atoms. The molecule has 2 aromatic heterocycles. The molecule has 0 spiro atoms. The molecular formula is C15H13BrClN3. The maximum Gasteiger partial charge on any atom is 0.160 e. The Morgan fingerprint density at radius 2 is 2.00 bits per heavy atom. The summed E-state index contributed by atoms with van der Waals surface area (Å²) in [4.78, 5) is 9.00. The van der Waals surface area contributed by atoms with Crippen molar-refractivity contribution in [3.63, 3.8) is 0 Å². The number of aromatic nitrogens is 3. The number of fused-ring (bicyclic) bond motifs is 1. The number of pyridine rings is 1. The third-order valence-electron chi connectivity index (χ3n) is 3.38. The van der Waals surface area contributed by atoms with Gasteiger partial charge in [0, 0.05) is 10.7 Å². The van der Waals surface area contributed by atoms with Gasteiger partial charge in [0.2, 0.25) is 0 Å². The summed E-state index contributed by atoms with van der Waals surface area (Å²) in [6.45, 7) is 2.13. The molecule has 20 heavy (non-hydrogen) atoms. The van der Waals surface area contributed by atoms with Crippen LogP contribution in [0, 0.1) is 0 Å². The van der Waals surface area contributed by atoms with Crippen LogP contribution in [0.15, 0.2) is 47.1 Å². The third-order valence-corrected chi connectivity index (χ3v) is 4.15. The van der Waals surface area contributed by atoms with Crippen LogP contribution in [-0.2, 0) is 5.88 Å². The molecule has 102 valence electrons. The molecule has 1 atom stereocenters. The van der Waals surface area contributed by atoms with E-state index < -0.39 is 0 Å². The summed E-state index contributed by atoms with van der Waals surface area (Å²) >= 11 is 9.50. The monoisotopic (exact) mass is 349 g/mol. The van der Waals surface area contributed by atoms with Gasteiger partial charge < -0.3 is 4.57 Å². The Hall–Kier alpha value is -1.39. The van der Waals surface area contributed by atoms with Crippen molar-refractivity contribution in [3.8, 4) is 0 Å². The molecule has 0 saturated heterocycles. The summed E-state index contributed by atoms with van der Waals surface area (Å²) < 4.78 is 3.17. The van der Waals surface area contributed by atoms with Crippen molar-refractivity contribution in [1.82, 2.24) is 14.5 Å². The maximum absolute atomic E-state index is 6.04. The molecule has 0 radical (unpaired) electrons. The summed E-state index contributed by atoms with van der Waals surface area (Å²) in [5, 5.41) is 0. The highest BCUT2D eigenvalue weighted by molar-refractivity contribution is 9.10. The van der Waals surface area contributed by atoms with Crippen molar-refractivity contribution in [2.75, 3.05) is 0 Å². The Labute approximate surface area is 130 Å². The minimum atomic E-state index is 0.136. The SMILES string of the molecule is CC(c1ccc(Br)cc1)n1c(CCl)nc2cccnc21. The van der Waals surface area contributed by atoms with Gasteiger partial charge in [-0.2, -0.15) is 0 Å². The highest BCUT2D eigenvalue weighted by Gasteiger charge is 2.17. The average Bonchev–Trinajstić information content (AvgIpc) is 2.85. The van der Waals surface area contributed by atoms with Crippen molar-refractivity contribution < 1.29 is 0 Å². The third kappa shape index (κ3) is 2.34. The van der Waals surface area contributed by atoms with Crippen molar-refractivity contribution in [1.29, 1.82) is 0 Å². The molecule has 0 amide bonds. The van der Waals surface area contributed by atoms with Gasteiger partial charge in [0.25, 0.3) is 0 Å². The molecule has 1 aromatic carbocycles. The summed E-state index contributed by atoms with van der Waals surface area (Å²) in [5.41, 5.74) is 2.95. The van der Waals surface area contributed by atoms with Gasteiger partial charge in [-0.05, 0) is 36.8 Å². The molecule has 5 heteroatoms. The van der Waals surface area contributed by atoms with Crippen LogP contribution in [0.3, 0.4) is 0 Å². The second-order valence-corrected chi connectivity index (χ2v) is 5.79. The van der Waals surface area contributed by atoms with E-state index >= 15 is 0 Å². The van der Waals surface area contributed by atoms with E-state index in [-0.39, 0.29) is 6.04 Å². The van der Waals surface area contributed by atoms with Gasteiger partial charge in [0.15, 0.2) is 5.65 Å². The van der Waals surface area contributed by atoms with E-state index in [0.29, 0.717) is 5.88 Å². The van der Waals surface area contributed by atoms with Crippen LogP contribution in [0.2, 0.25) is 0 Å². The van der Waals surface area contributed by atoms with Gasteiger partial charge in [-0.25, -0.2) is 9.97 Å². The lowest BCUT2D eigenvalue weighted by molar-refractivity contribution is 0.629. The molecule has 0 saturated carbocycles. The first kappa shape index (κ1) is 13.6. The minimum Gasteiger partial charge on any atom is -0.304 e. The average molecular weight is 351 g/mol. The molecule has 0 aliphatic heterocycles. The predicted octanol–water partition coefficient (Wildman–Crippen LogP) is 4.54. The fraction of sp³-hybridized carbons (Fsp3) is 0.200. The van der Waals surface area contributed by atoms with Gasteiger partial charge >= 0.3 is 0 Å². The fourth-order valence-electron chi connectivity index (χ4n) is 2.37. The van der Waals surface area contributed by atoms with Crippen molar-refractivity contribution >= 4 is 38.7 Å². The highest BCUT2D eigenvalue weighted by Crippen LogP contribution is 2.26. The second kappa shape index (κ2) is 5.54. The lowest BCUT2D eigenvalue weighted by Crippen LogP contribution is -2.10. The summed E-state index contributed by atoms with van der Waals surface area (Å²) in [6, 6.07) is 12.3. The van der Waals surface area contributed by atoms with Gasteiger partial charge in [-0.1, -0.05) is 28.1 Å². The zero-order valence-electron chi connectivity index (χ0n) is 10.9. The smallest absolute Gasteiger partial charge is 0.160 e. The molecule has 0 aliphatic carbocycles. The van der Waals surface area contributed by atoms with E-state index in [9.17, 15) is 0 Å². The van der Waals surface area contributed by atoms with E-state index in [1.807, 2.05) is 24.3 Å². The van der Waals surface area contributed by atoms with Gasteiger partial charge in [-0.15, -0.1) is 11.6 Å². The van der Waals surface area contributed by atoms with E-state index in [1.54, 1.807) is 6.20 Å². The highest BCUT2D eigenvalue weighted by atomic mass is 79.9. The van der Waals surface area contributed by atoms with Crippen LogP contribution >= 0.6 is 27.5 Å². The second-order valence-electron chi connectivity index (χ2n) is 4.61. The maximum atomic E-state index is 6.04. The Balaban J connectivity index is 2.15. The fourth-order valence-corrected chi connectivity index (χ4v) is 2.82. The number of nitrogens with zero attached hydrogens (tertiary/aromatic N) is 3. The predicted molar refractivity (Wildman–Crippen MR) is 85.0 cm³/mol. The summed E-state index contributed by atoms with van der Waals surface area (Å²) in [5.74, 6) is 1.22. The summed E-state index contributed by atoms with van der Waals surface area (Å²) in [7, 11) is 0. The van der Waals surface area contributed by atoms with Crippen LogP contribution in [0.5, 0.6) is 0 Å². The number of halogens is 2. The largest absolute Gasteiger partial charge is 0.304 e. The van der Waals surface area contributed by atoms with Crippen molar-refractivity contribution in [3.05, 3.63) is 58.5 Å². The number of alkyl halides is 1. The Bertz CT molecular complexity index is 736. The Morgan fingerprint density at radius 3 is 2.70 bits per heavy atom. The van der Waals surface area contributed by atoms with E-state index in [4.69, 9.17) is 11.6 Å². The molecule has 3 aromatic rings. The van der Waals surface area contributed by atoms with Gasteiger partial charge in [0.05, 0.1) is 11.9 Å². The standard InChI is InChI=1S/C15H13BrClN3/c1-10(11-4-6-12(16)7-5-11)20-14(9-17)19-13-3-2-8-18-15(13)20/h2-8,10H,9H2,1H3. The van der Waals surface area contributed by atoms with E-state index in [1.165, 1.54) is 5.56 Å². The van der Waals surface area contributed by atoms with Crippen LogP contribution in [0.4, 0.5) is 0 Å². The van der Waals surface area contributed by atoms with E-state index in [2.05, 4.69) is 49.5 Å². The van der Waals surface area contributed by atoms with Gasteiger partial charge in [0.1, 0.15) is 11.3 Å². The lowest BCUT2D eigenvalue weighted by Gasteiger charge is -2.17. The number of rotatable bonds is 3. The lowest BCUT2D eigenvalue weighted by atomic mass is 10.1. The number of imidazole rings is 1. The van der Waals surface area contributed by atoms with Crippen LogP contribution in [-0.4, -0.2) is 14.5 Å². The zero-order chi connectivity index (χ0) is 14.1. The minimum absolute atomic E-state index is 0.136. The number of hydrogen-bond donors (Lipinski definition) is 0. The molecule has 0 N–H and O–H groups in total. The summed E-state index contributed by atoms with van der Waals surface area (Å²) in [6.07, 6.45) is 1.78. The Morgan fingerprint density at radius 1 is 1.25 bits per heavy atom. The molecule has 3 rings (SSSR count). The first-order valence-corrected chi connectivity index (χ1v) is 7.66. The molecule has 0 aliphatic rings. The van der Waals surface area contributed by atoms with Crippen LogP contribution in [0.1, 0.15) is 24.4 Å². The number of hydrogen-bond acceptors (Lipinski definition) is 2. The quantitative estimate of drug-likeness (QED) is 0.649. The number of benzene rings is 1. The first-order chi connectivity index (χ1) is 9.70. The molecule has 0 fully saturated rings. The molecular weight excluding hydrogens is 338 g/mol. The molecule has 2 heterocycles. The molecule has 1 unspecified atom stereocenters. The van der Waals surface area contributed by atoms with Gasteiger partial charge in [-0.3, -0.25) is 0 Å². The van der Waals surface area contributed by atoms with Crippen molar-refractivity contribution in [2.24, 2.45) is 0 Å².